The van der Waals surface area contributed by atoms with Crippen LogP contribution >= 0.6 is 0 Å². The van der Waals surface area contributed by atoms with Crippen molar-refractivity contribution in [2.24, 2.45) is 0 Å². The molecule has 0 aliphatic carbocycles. The van der Waals surface area contributed by atoms with Gasteiger partial charge in [-0.05, 0) is 88.6 Å². The van der Waals surface area contributed by atoms with Crippen molar-refractivity contribution in [3.05, 3.63) is 101 Å². The van der Waals surface area contributed by atoms with E-state index < -0.39 is 41.0 Å². The van der Waals surface area contributed by atoms with Crippen LogP contribution in [0.3, 0.4) is 0 Å². The van der Waals surface area contributed by atoms with Crippen molar-refractivity contribution in [2.75, 3.05) is 6.61 Å². The molecule has 9 nitrogen and oxygen atoms in total. The lowest BCUT2D eigenvalue weighted by Crippen LogP contribution is -2.47. The number of carbonyl (C=O) groups excluding carboxylic acids is 2. The van der Waals surface area contributed by atoms with E-state index in [1.54, 1.807) is 52.4 Å². The summed E-state index contributed by atoms with van der Waals surface area (Å²) in [5.74, 6) is -1.44. The van der Waals surface area contributed by atoms with Gasteiger partial charge in [-0.15, -0.1) is 5.10 Å². The summed E-state index contributed by atoms with van der Waals surface area (Å²) < 4.78 is 41.7. The number of nitrogens with zero attached hydrogens (tertiary/aromatic N) is 4. The van der Waals surface area contributed by atoms with Crippen molar-refractivity contribution >= 4 is 12.0 Å². The minimum absolute atomic E-state index is 0.133. The number of rotatable bonds is 6. The molecule has 2 heterocycles. The molecule has 4 aromatic rings. The molecule has 1 atom stereocenters. The Labute approximate surface area is 254 Å². The molecule has 0 spiro atoms. The summed E-state index contributed by atoms with van der Waals surface area (Å²) in [6.07, 6.45) is 1.21. The molecule has 1 aliphatic rings. The molecule has 2 amide bonds. The number of carbonyl (C=O) groups is 2. The summed E-state index contributed by atoms with van der Waals surface area (Å²) in [5.41, 5.74) is 1.92. The highest BCUT2D eigenvalue weighted by Gasteiger charge is 2.47. The van der Waals surface area contributed by atoms with Crippen LogP contribution in [0.2, 0.25) is 0 Å². The lowest BCUT2D eigenvalue weighted by atomic mass is 9.98. The van der Waals surface area contributed by atoms with Crippen molar-refractivity contribution < 1.29 is 27.8 Å². The molecular weight excluding hydrogens is 568 g/mol. The van der Waals surface area contributed by atoms with Crippen LogP contribution in [0.5, 0.6) is 0 Å². The molecule has 1 N–H and O–H groups in total. The molecule has 1 unspecified atom stereocenters. The van der Waals surface area contributed by atoms with Crippen molar-refractivity contribution in [3.8, 4) is 16.8 Å². The molecule has 44 heavy (non-hydrogen) atoms. The zero-order valence-electron chi connectivity index (χ0n) is 25.5. The standard InChI is InChI=1S/C33H35F2N5O4/c1-20-15-23(34)12-14-24(20)25-13-11-21(16-26(25)35)30(41)36-17-22-9-7-8-10-28(22)39-18-27(37-38-39)29-19-43-33(5,6)40(29)31(42)44-32(2,3)4/h7-16,18,29H,17,19H2,1-6H3,(H,36,41). The molecule has 5 rings (SSSR count). The number of amides is 2. The van der Waals surface area contributed by atoms with E-state index in [1.165, 1.54) is 41.3 Å². The van der Waals surface area contributed by atoms with Crippen LogP contribution in [0, 0.1) is 18.6 Å². The van der Waals surface area contributed by atoms with E-state index in [-0.39, 0.29) is 24.3 Å². The van der Waals surface area contributed by atoms with Gasteiger partial charge in [-0.2, -0.15) is 0 Å². The average Bonchev–Trinajstić information content (AvgIpc) is 3.55. The van der Waals surface area contributed by atoms with E-state index in [9.17, 15) is 14.0 Å². The molecule has 0 bridgehead atoms. The van der Waals surface area contributed by atoms with Gasteiger partial charge in [0.15, 0.2) is 0 Å². The highest BCUT2D eigenvalue weighted by molar-refractivity contribution is 5.94. The van der Waals surface area contributed by atoms with Gasteiger partial charge in [0, 0.05) is 17.7 Å². The van der Waals surface area contributed by atoms with Crippen LogP contribution in [0.1, 0.15) is 67.8 Å². The second-order valence-corrected chi connectivity index (χ2v) is 12.2. The van der Waals surface area contributed by atoms with Crippen molar-refractivity contribution in [2.45, 2.75) is 65.5 Å². The first-order valence-corrected chi connectivity index (χ1v) is 14.2. The van der Waals surface area contributed by atoms with Crippen LogP contribution in [0.15, 0.2) is 66.9 Å². The lowest BCUT2D eigenvalue weighted by molar-refractivity contribution is -0.0627. The number of hydrogen-bond acceptors (Lipinski definition) is 6. The van der Waals surface area contributed by atoms with E-state index in [0.717, 1.165) is 5.56 Å². The zero-order valence-corrected chi connectivity index (χ0v) is 25.5. The quantitative estimate of drug-likeness (QED) is 0.270. The molecule has 11 heteroatoms. The third kappa shape index (κ3) is 6.47. The van der Waals surface area contributed by atoms with Crippen LogP contribution in [-0.4, -0.2) is 49.8 Å². The predicted octanol–water partition coefficient (Wildman–Crippen LogP) is 6.50. The van der Waals surface area contributed by atoms with Gasteiger partial charge in [0.1, 0.15) is 34.7 Å². The number of hydrogen-bond donors (Lipinski definition) is 1. The summed E-state index contributed by atoms with van der Waals surface area (Å²) in [6, 6.07) is 15.2. The summed E-state index contributed by atoms with van der Waals surface area (Å²) >= 11 is 0. The van der Waals surface area contributed by atoms with E-state index in [0.29, 0.717) is 22.5 Å². The molecule has 0 saturated carbocycles. The fourth-order valence-electron chi connectivity index (χ4n) is 5.19. The predicted molar refractivity (Wildman–Crippen MR) is 160 cm³/mol. The van der Waals surface area contributed by atoms with Gasteiger partial charge in [0.2, 0.25) is 0 Å². The fourth-order valence-corrected chi connectivity index (χ4v) is 5.19. The first-order valence-electron chi connectivity index (χ1n) is 14.2. The molecule has 1 saturated heterocycles. The number of halogens is 2. The summed E-state index contributed by atoms with van der Waals surface area (Å²) in [7, 11) is 0. The summed E-state index contributed by atoms with van der Waals surface area (Å²) in [6.45, 7) is 11.0. The van der Waals surface area contributed by atoms with Crippen LogP contribution in [0.4, 0.5) is 13.6 Å². The Kier molecular flexibility index (Phi) is 8.26. The van der Waals surface area contributed by atoms with Crippen molar-refractivity contribution in [1.29, 1.82) is 0 Å². The Balaban J connectivity index is 1.32. The number of nitrogens with one attached hydrogen (secondary N) is 1. The normalized spacial score (nSPS) is 16.2. The van der Waals surface area contributed by atoms with E-state index in [2.05, 4.69) is 15.6 Å². The monoisotopic (exact) mass is 603 g/mol. The maximum atomic E-state index is 15.0. The average molecular weight is 604 g/mol. The van der Waals surface area contributed by atoms with E-state index in [4.69, 9.17) is 9.47 Å². The maximum Gasteiger partial charge on any atom is 0.413 e. The number of aromatic nitrogens is 3. The second-order valence-electron chi connectivity index (χ2n) is 12.2. The van der Waals surface area contributed by atoms with Crippen molar-refractivity contribution in [1.82, 2.24) is 25.2 Å². The van der Waals surface area contributed by atoms with Gasteiger partial charge in [-0.1, -0.05) is 35.5 Å². The SMILES string of the molecule is Cc1cc(F)ccc1-c1ccc(C(=O)NCc2ccccc2-n2cc(C3COC(C)(C)N3C(=O)OC(C)(C)C)nn2)cc1F. The minimum atomic E-state index is -0.908. The Hall–Kier alpha value is -4.64. The van der Waals surface area contributed by atoms with E-state index >= 15 is 4.39 Å². The van der Waals surface area contributed by atoms with Crippen LogP contribution < -0.4 is 5.32 Å². The third-order valence-corrected chi connectivity index (χ3v) is 7.32. The molecule has 1 aliphatic heterocycles. The molecule has 0 radical (unpaired) electrons. The molecular formula is C33H35F2N5O4. The Morgan fingerprint density at radius 2 is 1.80 bits per heavy atom. The van der Waals surface area contributed by atoms with Gasteiger partial charge in [0.05, 0.1) is 18.5 Å². The number of ether oxygens (including phenoxy) is 2. The fraction of sp³-hybridized carbons (Fsp3) is 0.333. The largest absolute Gasteiger partial charge is 0.444 e. The highest BCUT2D eigenvalue weighted by Crippen LogP contribution is 2.37. The van der Waals surface area contributed by atoms with E-state index in [1.807, 2.05) is 24.3 Å². The highest BCUT2D eigenvalue weighted by atomic mass is 19.1. The Bertz CT molecular complexity index is 1710. The minimum Gasteiger partial charge on any atom is -0.444 e. The number of para-hydroxylation sites is 1. The molecule has 1 aromatic heterocycles. The zero-order chi connectivity index (χ0) is 31.8. The van der Waals surface area contributed by atoms with Crippen LogP contribution in [-0.2, 0) is 16.0 Å². The smallest absolute Gasteiger partial charge is 0.413 e. The maximum absolute atomic E-state index is 15.0. The Morgan fingerprint density at radius 1 is 1.07 bits per heavy atom. The lowest BCUT2D eigenvalue weighted by Gasteiger charge is -2.34. The Morgan fingerprint density at radius 3 is 2.50 bits per heavy atom. The molecule has 230 valence electrons. The van der Waals surface area contributed by atoms with Gasteiger partial charge in [0.25, 0.3) is 5.91 Å². The summed E-state index contributed by atoms with van der Waals surface area (Å²) in [5, 5.41) is 11.5. The molecule has 3 aromatic carbocycles. The third-order valence-electron chi connectivity index (χ3n) is 7.32. The van der Waals surface area contributed by atoms with Gasteiger partial charge < -0.3 is 14.8 Å². The van der Waals surface area contributed by atoms with Crippen LogP contribution in [0.25, 0.3) is 16.8 Å². The topological polar surface area (TPSA) is 98.6 Å². The number of aryl methyl sites for hydroxylation is 1. The summed E-state index contributed by atoms with van der Waals surface area (Å²) in [4.78, 5) is 27.6. The van der Waals surface area contributed by atoms with Crippen molar-refractivity contribution in [3.63, 3.8) is 0 Å². The van der Waals surface area contributed by atoms with Gasteiger partial charge in [-0.25, -0.2) is 18.3 Å². The first-order chi connectivity index (χ1) is 20.7. The van der Waals surface area contributed by atoms with Gasteiger partial charge in [-0.3, -0.25) is 9.69 Å². The van der Waals surface area contributed by atoms with Gasteiger partial charge >= 0.3 is 6.09 Å². The number of benzene rings is 3. The molecule has 1 fully saturated rings. The first kappa shape index (κ1) is 30.8. The second kappa shape index (κ2) is 11.8.